The Morgan fingerprint density at radius 1 is 0.968 bits per heavy atom. The highest BCUT2D eigenvalue weighted by Crippen LogP contribution is 2.36. The fourth-order valence-electron chi connectivity index (χ4n) is 2.66. The van der Waals surface area contributed by atoms with Crippen LogP contribution in [-0.4, -0.2) is 31.3 Å². The van der Waals surface area contributed by atoms with E-state index in [9.17, 15) is 14.9 Å². The molecule has 0 unspecified atom stereocenters. The number of carbonyl (C=O) groups excluding carboxylic acids is 1. The van der Waals surface area contributed by atoms with E-state index in [1.165, 1.54) is 32.6 Å². The summed E-state index contributed by atoms with van der Waals surface area (Å²) in [4.78, 5) is 22.8. The Morgan fingerprint density at radius 2 is 1.77 bits per heavy atom. The highest BCUT2D eigenvalue weighted by Gasteiger charge is 2.16. The third-order valence-corrected chi connectivity index (χ3v) is 4.18. The van der Waals surface area contributed by atoms with E-state index in [1.54, 1.807) is 54.6 Å². The molecule has 0 heterocycles. The number of nitro groups is 1. The van der Waals surface area contributed by atoms with Crippen molar-refractivity contribution in [2.45, 2.75) is 0 Å². The normalized spacial score (nSPS) is 10.5. The highest BCUT2D eigenvalue weighted by atomic mass is 16.6. The molecule has 1 N–H and O–H groups in total. The van der Waals surface area contributed by atoms with E-state index >= 15 is 0 Å². The maximum atomic E-state index is 12.2. The molecule has 3 aromatic carbocycles. The molecule has 1 amide bonds. The molecule has 0 aliphatic carbocycles. The van der Waals surface area contributed by atoms with Gasteiger partial charge in [-0.2, -0.15) is 5.10 Å². The summed E-state index contributed by atoms with van der Waals surface area (Å²) >= 11 is 0. The molecule has 9 heteroatoms. The lowest BCUT2D eigenvalue weighted by molar-refractivity contribution is -0.385. The zero-order valence-corrected chi connectivity index (χ0v) is 16.8. The third-order valence-electron chi connectivity index (χ3n) is 4.18. The summed E-state index contributed by atoms with van der Waals surface area (Å²) < 4.78 is 16.1. The van der Waals surface area contributed by atoms with Gasteiger partial charge in [-0.15, -0.1) is 0 Å². The monoisotopic (exact) mass is 421 g/mol. The van der Waals surface area contributed by atoms with Crippen molar-refractivity contribution >= 4 is 17.8 Å². The summed E-state index contributed by atoms with van der Waals surface area (Å²) in [5.41, 5.74) is 3.31. The number of amides is 1. The van der Waals surface area contributed by atoms with Crippen LogP contribution in [0.25, 0.3) is 0 Å². The lowest BCUT2D eigenvalue weighted by atomic mass is 10.2. The Labute approximate surface area is 178 Å². The van der Waals surface area contributed by atoms with Crippen LogP contribution in [0, 0.1) is 10.1 Å². The van der Waals surface area contributed by atoms with Crippen molar-refractivity contribution in [1.82, 2.24) is 5.43 Å². The Bertz CT molecular complexity index is 1130. The summed E-state index contributed by atoms with van der Waals surface area (Å²) in [5.74, 6) is 0.919. The number of carbonyl (C=O) groups is 1. The van der Waals surface area contributed by atoms with Gasteiger partial charge >= 0.3 is 5.69 Å². The number of nitrogens with one attached hydrogen (secondary N) is 1. The number of hydrogen-bond donors (Lipinski definition) is 1. The first-order valence-electron chi connectivity index (χ1n) is 9.08. The molecule has 0 aliphatic rings. The van der Waals surface area contributed by atoms with Crippen LogP contribution >= 0.6 is 0 Å². The van der Waals surface area contributed by atoms with Gasteiger partial charge in [0.05, 0.1) is 25.4 Å². The number of ether oxygens (including phenoxy) is 3. The van der Waals surface area contributed by atoms with Gasteiger partial charge in [0.15, 0.2) is 11.5 Å². The van der Waals surface area contributed by atoms with Crippen LogP contribution in [0.3, 0.4) is 0 Å². The molecule has 0 atom stereocenters. The van der Waals surface area contributed by atoms with Crippen LogP contribution in [0.5, 0.6) is 23.0 Å². The lowest BCUT2D eigenvalue weighted by Gasteiger charge is -2.11. The quantitative estimate of drug-likeness (QED) is 0.332. The topological polar surface area (TPSA) is 112 Å². The van der Waals surface area contributed by atoms with Crippen molar-refractivity contribution in [3.05, 3.63) is 88.0 Å². The van der Waals surface area contributed by atoms with Crippen LogP contribution in [0.1, 0.15) is 15.9 Å². The number of benzene rings is 3. The van der Waals surface area contributed by atoms with Crippen molar-refractivity contribution in [2.75, 3.05) is 14.2 Å². The smallest absolute Gasteiger partial charge is 0.311 e. The Balaban J connectivity index is 1.72. The van der Waals surface area contributed by atoms with Gasteiger partial charge < -0.3 is 14.2 Å². The second kappa shape index (κ2) is 9.88. The average molecular weight is 421 g/mol. The minimum Gasteiger partial charge on any atom is -0.497 e. The van der Waals surface area contributed by atoms with E-state index < -0.39 is 10.8 Å². The molecule has 158 valence electrons. The van der Waals surface area contributed by atoms with Crippen LogP contribution < -0.4 is 19.6 Å². The van der Waals surface area contributed by atoms with E-state index in [-0.39, 0.29) is 11.4 Å². The minimum atomic E-state index is -0.520. The number of hydrazone groups is 1. The molecule has 0 radical (unpaired) electrons. The largest absolute Gasteiger partial charge is 0.497 e. The average Bonchev–Trinajstić information content (AvgIpc) is 2.80. The minimum absolute atomic E-state index is 0.0952. The third kappa shape index (κ3) is 5.36. The predicted molar refractivity (Wildman–Crippen MR) is 114 cm³/mol. The van der Waals surface area contributed by atoms with Crippen LogP contribution in [0.15, 0.2) is 71.8 Å². The van der Waals surface area contributed by atoms with E-state index in [2.05, 4.69) is 10.5 Å². The molecule has 9 nitrogen and oxygen atoms in total. The molecular weight excluding hydrogens is 402 g/mol. The first-order valence-corrected chi connectivity index (χ1v) is 9.08. The zero-order valence-electron chi connectivity index (χ0n) is 16.8. The van der Waals surface area contributed by atoms with Crippen molar-refractivity contribution < 1.29 is 23.9 Å². The molecule has 0 saturated carbocycles. The van der Waals surface area contributed by atoms with E-state index in [0.717, 1.165) is 0 Å². The molecule has 0 aliphatic heterocycles. The van der Waals surface area contributed by atoms with Gasteiger partial charge in [-0.3, -0.25) is 14.9 Å². The summed E-state index contributed by atoms with van der Waals surface area (Å²) in [6.07, 6.45) is 1.44. The van der Waals surface area contributed by atoms with Gasteiger partial charge in [0.1, 0.15) is 5.75 Å². The van der Waals surface area contributed by atoms with Gasteiger partial charge in [0.2, 0.25) is 5.75 Å². The van der Waals surface area contributed by atoms with Crippen LogP contribution in [0.2, 0.25) is 0 Å². The molecule has 31 heavy (non-hydrogen) atoms. The van der Waals surface area contributed by atoms with Gasteiger partial charge in [-0.1, -0.05) is 18.2 Å². The van der Waals surface area contributed by atoms with E-state index in [4.69, 9.17) is 14.2 Å². The molecule has 0 spiro atoms. The van der Waals surface area contributed by atoms with Gasteiger partial charge in [-0.05, 0) is 48.0 Å². The number of para-hydroxylation sites is 2. The first kappa shape index (κ1) is 21.3. The molecule has 0 saturated heterocycles. The summed E-state index contributed by atoms with van der Waals surface area (Å²) in [6, 6.07) is 17.6. The zero-order chi connectivity index (χ0) is 22.2. The highest BCUT2D eigenvalue weighted by molar-refractivity contribution is 5.95. The van der Waals surface area contributed by atoms with Crippen LogP contribution in [-0.2, 0) is 0 Å². The van der Waals surface area contributed by atoms with Crippen molar-refractivity contribution in [3.8, 4) is 23.0 Å². The number of nitro benzene ring substituents is 1. The maximum absolute atomic E-state index is 12.2. The Kier molecular flexibility index (Phi) is 6.79. The fourth-order valence-corrected chi connectivity index (χ4v) is 2.66. The summed E-state index contributed by atoms with van der Waals surface area (Å²) in [6.45, 7) is 0. The number of methoxy groups -OCH3 is 2. The molecule has 0 aromatic heterocycles. The standard InChI is InChI=1S/C22H19N3O6/c1-29-17-7-5-6-16(13-17)22(26)24-23-14-15-10-11-20(21(12-15)30-2)31-19-9-4-3-8-18(19)25(27)28/h3-14H,1-2H3,(H,24,26)/b23-14-. The lowest BCUT2D eigenvalue weighted by Crippen LogP contribution is -2.17. The van der Waals surface area contributed by atoms with Crippen molar-refractivity contribution in [2.24, 2.45) is 5.10 Å². The Morgan fingerprint density at radius 3 is 2.52 bits per heavy atom. The van der Waals surface area contributed by atoms with Crippen molar-refractivity contribution in [1.29, 1.82) is 0 Å². The van der Waals surface area contributed by atoms with Gasteiger partial charge in [0, 0.05) is 11.6 Å². The molecule has 0 bridgehead atoms. The van der Waals surface area contributed by atoms with Gasteiger partial charge in [-0.25, -0.2) is 5.43 Å². The SMILES string of the molecule is COc1cccc(C(=O)N/N=C\c2ccc(Oc3ccccc3[N+](=O)[O-])c(OC)c2)c1. The van der Waals surface area contributed by atoms with Crippen molar-refractivity contribution in [3.63, 3.8) is 0 Å². The second-order valence-electron chi connectivity index (χ2n) is 6.17. The summed E-state index contributed by atoms with van der Waals surface area (Å²) in [5, 5.41) is 15.1. The number of rotatable bonds is 8. The maximum Gasteiger partial charge on any atom is 0.311 e. The number of hydrogen-bond acceptors (Lipinski definition) is 7. The predicted octanol–water partition coefficient (Wildman–Crippen LogP) is 4.17. The molecular formula is C22H19N3O6. The summed E-state index contributed by atoms with van der Waals surface area (Å²) in [7, 11) is 2.97. The van der Waals surface area contributed by atoms with Crippen LogP contribution in [0.4, 0.5) is 5.69 Å². The molecule has 3 rings (SSSR count). The second-order valence-corrected chi connectivity index (χ2v) is 6.17. The van der Waals surface area contributed by atoms with E-state index in [1.807, 2.05) is 0 Å². The van der Waals surface area contributed by atoms with Gasteiger partial charge in [0.25, 0.3) is 5.91 Å². The fraction of sp³-hybridized carbons (Fsp3) is 0.0909. The van der Waals surface area contributed by atoms with E-state index in [0.29, 0.717) is 28.4 Å². The molecule has 3 aromatic rings. The molecule has 0 fully saturated rings. The Hall–Kier alpha value is -4.40. The first-order chi connectivity index (χ1) is 15.0. The number of nitrogens with zero attached hydrogens (tertiary/aromatic N) is 2.